The van der Waals surface area contributed by atoms with E-state index in [1.807, 2.05) is 54.8 Å². The van der Waals surface area contributed by atoms with Gasteiger partial charge in [0.25, 0.3) is 11.6 Å². The second-order valence-corrected chi connectivity index (χ2v) is 9.29. The zero-order valence-corrected chi connectivity index (χ0v) is 20.8. The Bertz CT molecular complexity index is 1530. The number of carbonyl (C=O) groups is 1. The number of nitro groups is 1. The number of benzene rings is 3. The van der Waals surface area contributed by atoms with Crippen LogP contribution in [-0.2, 0) is 4.79 Å². The number of halogens is 1. The zero-order chi connectivity index (χ0) is 26.5. The summed E-state index contributed by atoms with van der Waals surface area (Å²) in [5.74, 6) is -0.994. The first-order valence-electron chi connectivity index (χ1n) is 11.2. The average molecular weight is 513 g/mol. The third-order valence-corrected chi connectivity index (χ3v) is 6.63. The van der Waals surface area contributed by atoms with Gasteiger partial charge < -0.3 is 9.88 Å². The summed E-state index contributed by atoms with van der Waals surface area (Å²) in [6, 6.07) is 23.4. The standard InChI is InChI=1S/C28H21FN4O3S/c1-18-15-20(16-21(17-30)28(34)31-23-5-3-22(29)4-6-23)19(2)32(18)24-7-11-26(12-8-24)37-27-13-9-25(10-14-27)33(35)36/h3-16H,1-2H3,(H,31,34)/b21-16+. The van der Waals surface area contributed by atoms with Crippen molar-refractivity contribution < 1.29 is 14.1 Å². The van der Waals surface area contributed by atoms with Gasteiger partial charge in [-0.15, -0.1) is 0 Å². The largest absolute Gasteiger partial charge is 0.321 e. The molecule has 0 saturated heterocycles. The predicted octanol–water partition coefficient (Wildman–Crippen LogP) is 6.84. The molecule has 0 fully saturated rings. The molecule has 1 aromatic heterocycles. The summed E-state index contributed by atoms with van der Waals surface area (Å²) in [6.07, 6.45) is 1.54. The Balaban J connectivity index is 1.53. The fourth-order valence-corrected chi connectivity index (χ4v) is 4.62. The maximum Gasteiger partial charge on any atom is 0.269 e. The van der Waals surface area contributed by atoms with E-state index in [1.54, 1.807) is 12.1 Å². The molecular weight excluding hydrogens is 491 g/mol. The predicted molar refractivity (Wildman–Crippen MR) is 141 cm³/mol. The molecule has 4 aromatic rings. The molecule has 0 saturated carbocycles. The Labute approximate surface area is 217 Å². The molecule has 37 heavy (non-hydrogen) atoms. The molecule has 4 rings (SSSR count). The van der Waals surface area contributed by atoms with Crippen molar-refractivity contribution in [2.75, 3.05) is 5.32 Å². The Morgan fingerprint density at radius 3 is 2.19 bits per heavy atom. The Hall–Kier alpha value is -4.68. The molecule has 0 aliphatic rings. The SMILES string of the molecule is Cc1cc(/C=C(\C#N)C(=O)Nc2ccc(F)cc2)c(C)n1-c1ccc(Sc2ccc([N+](=O)[O-])cc2)cc1. The molecule has 184 valence electrons. The van der Waals surface area contributed by atoms with Gasteiger partial charge in [-0.05, 0) is 92.2 Å². The number of carbonyl (C=O) groups excluding carboxylic acids is 1. The molecule has 0 bridgehead atoms. The second kappa shape index (κ2) is 10.9. The van der Waals surface area contributed by atoms with Crippen LogP contribution in [0, 0.1) is 41.1 Å². The molecule has 9 heteroatoms. The number of anilines is 1. The second-order valence-electron chi connectivity index (χ2n) is 8.14. The van der Waals surface area contributed by atoms with Crippen LogP contribution in [0.15, 0.2) is 94.2 Å². The number of rotatable bonds is 7. The van der Waals surface area contributed by atoms with Crippen molar-refractivity contribution in [2.24, 2.45) is 0 Å². The maximum absolute atomic E-state index is 13.1. The van der Waals surface area contributed by atoms with Gasteiger partial charge >= 0.3 is 0 Å². The number of nitrogens with one attached hydrogen (secondary N) is 1. The lowest BCUT2D eigenvalue weighted by Gasteiger charge is -2.11. The first-order valence-corrected chi connectivity index (χ1v) is 12.0. The smallest absolute Gasteiger partial charge is 0.269 e. The van der Waals surface area contributed by atoms with Gasteiger partial charge in [-0.1, -0.05) is 11.8 Å². The summed E-state index contributed by atoms with van der Waals surface area (Å²) >= 11 is 1.50. The Kier molecular flexibility index (Phi) is 7.51. The summed E-state index contributed by atoms with van der Waals surface area (Å²) in [5, 5.41) is 23.0. The first-order chi connectivity index (χ1) is 17.7. The monoisotopic (exact) mass is 512 g/mol. The third kappa shape index (κ3) is 5.94. The minimum Gasteiger partial charge on any atom is -0.321 e. The van der Waals surface area contributed by atoms with Crippen molar-refractivity contribution in [3.8, 4) is 11.8 Å². The molecule has 0 atom stereocenters. The van der Waals surface area contributed by atoms with E-state index < -0.39 is 16.6 Å². The molecule has 0 aliphatic heterocycles. The quantitative estimate of drug-likeness (QED) is 0.126. The van der Waals surface area contributed by atoms with Crippen molar-refractivity contribution in [1.29, 1.82) is 5.26 Å². The first kappa shape index (κ1) is 25.4. The molecule has 3 aromatic carbocycles. The van der Waals surface area contributed by atoms with Crippen LogP contribution < -0.4 is 5.32 Å². The minimum absolute atomic E-state index is 0.0515. The van der Waals surface area contributed by atoms with E-state index in [9.17, 15) is 24.6 Å². The summed E-state index contributed by atoms with van der Waals surface area (Å²) < 4.78 is 15.1. The highest BCUT2D eigenvalue weighted by Crippen LogP contribution is 2.31. The molecule has 1 N–H and O–H groups in total. The molecule has 0 unspecified atom stereocenters. The van der Waals surface area contributed by atoms with E-state index in [2.05, 4.69) is 5.32 Å². The van der Waals surface area contributed by atoms with E-state index in [0.29, 0.717) is 5.69 Å². The number of amides is 1. The minimum atomic E-state index is -0.577. The molecule has 0 radical (unpaired) electrons. The van der Waals surface area contributed by atoms with Crippen LogP contribution >= 0.6 is 11.8 Å². The summed E-state index contributed by atoms with van der Waals surface area (Å²) in [4.78, 5) is 24.9. The van der Waals surface area contributed by atoms with E-state index in [-0.39, 0.29) is 11.3 Å². The number of nitro benzene ring substituents is 1. The topological polar surface area (TPSA) is 101 Å². The summed E-state index contributed by atoms with van der Waals surface area (Å²) in [6.45, 7) is 3.85. The van der Waals surface area contributed by atoms with Gasteiger partial charge in [0.05, 0.1) is 4.92 Å². The molecule has 0 spiro atoms. The van der Waals surface area contributed by atoms with E-state index >= 15 is 0 Å². The molecular formula is C28H21FN4O3S. The number of nitriles is 1. The normalized spacial score (nSPS) is 11.1. The maximum atomic E-state index is 13.1. The van der Waals surface area contributed by atoms with Crippen molar-refractivity contribution in [1.82, 2.24) is 4.57 Å². The van der Waals surface area contributed by atoms with Crippen LogP contribution in [0.2, 0.25) is 0 Å². The average Bonchev–Trinajstić information content (AvgIpc) is 3.17. The van der Waals surface area contributed by atoms with Crippen molar-refractivity contribution >= 4 is 35.1 Å². The fraction of sp³-hybridized carbons (Fsp3) is 0.0714. The van der Waals surface area contributed by atoms with E-state index in [1.165, 1.54) is 54.2 Å². The van der Waals surface area contributed by atoms with Crippen molar-refractivity contribution in [3.05, 3.63) is 117 Å². The van der Waals surface area contributed by atoms with Gasteiger partial charge in [0.15, 0.2) is 0 Å². The van der Waals surface area contributed by atoms with Gasteiger partial charge in [0.1, 0.15) is 17.5 Å². The van der Waals surface area contributed by atoms with Crippen molar-refractivity contribution in [3.63, 3.8) is 0 Å². The van der Waals surface area contributed by atoms with Gasteiger partial charge in [-0.3, -0.25) is 14.9 Å². The van der Waals surface area contributed by atoms with Gasteiger partial charge in [-0.2, -0.15) is 5.26 Å². The van der Waals surface area contributed by atoms with Crippen LogP contribution in [0.5, 0.6) is 0 Å². The van der Waals surface area contributed by atoms with Crippen LogP contribution in [0.4, 0.5) is 15.8 Å². The zero-order valence-electron chi connectivity index (χ0n) is 19.9. The van der Waals surface area contributed by atoms with Crippen LogP contribution in [-0.4, -0.2) is 15.4 Å². The van der Waals surface area contributed by atoms with Gasteiger partial charge in [0, 0.05) is 44.7 Å². The molecule has 1 amide bonds. The Morgan fingerprint density at radius 1 is 1.03 bits per heavy atom. The molecule has 0 aliphatic carbocycles. The fourth-order valence-electron chi connectivity index (χ4n) is 3.80. The van der Waals surface area contributed by atoms with Gasteiger partial charge in [0.2, 0.25) is 0 Å². The van der Waals surface area contributed by atoms with Gasteiger partial charge in [-0.25, -0.2) is 4.39 Å². The molecule has 1 heterocycles. The molecule has 7 nitrogen and oxygen atoms in total. The van der Waals surface area contributed by atoms with Crippen LogP contribution in [0.25, 0.3) is 11.8 Å². The number of aryl methyl sites for hydroxylation is 1. The number of nitrogens with zero attached hydrogens (tertiary/aromatic N) is 3. The van der Waals surface area contributed by atoms with E-state index in [4.69, 9.17) is 0 Å². The van der Waals surface area contributed by atoms with Crippen LogP contribution in [0.1, 0.15) is 17.0 Å². The lowest BCUT2D eigenvalue weighted by Crippen LogP contribution is -2.13. The lowest BCUT2D eigenvalue weighted by atomic mass is 10.1. The third-order valence-electron chi connectivity index (χ3n) is 5.62. The number of non-ortho nitro benzene ring substituents is 1. The summed E-state index contributed by atoms with van der Waals surface area (Å²) in [7, 11) is 0. The highest BCUT2D eigenvalue weighted by Gasteiger charge is 2.14. The summed E-state index contributed by atoms with van der Waals surface area (Å²) in [5.41, 5.74) is 3.80. The lowest BCUT2D eigenvalue weighted by molar-refractivity contribution is -0.384. The van der Waals surface area contributed by atoms with Crippen LogP contribution in [0.3, 0.4) is 0 Å². The van der Waals surface area contributed by atoms with Crippen molar-refractivity contribution in [2.45, 2.75) is 23.6 Å². The highest BCUT2D eigenvalue weighted by molar-refractivity contribution is 7.99. The number of aromatic nitrogens is 1. The van der Waals surface area contributed by atoms with E-state index in [0.717, 1.165) is 32.4 Å². The Morgan fingerprint density at radius 2 is 1.62 bits per heavy atom. The number of hydrogen-bond donors (Lipinski definition) is 1. The highest BCUT2D eigenvalue weighted by atomic mass is 32.2. The number of hydrogen-bond acceptors (Lipinski definition) is 5.